The summed E-state index contributed by atoms with van der Waals surface area (Å²) in [6, 6.07) is 8.97. The van der Waals surface area contributed by atoms with Crippen molar-refractivity contribution in [1.82, 2.24) is 0 Å². The molecule has 0 fully saturated rings. The first-order valence-electron chi connectivity index (χ1n) is 6.75. The van der Waals surface area contributed by atoms with Gasteiger partial charge in [-0.05, 0) is 29.8 Å². The molecule has 0 radical (unpaired) electrons. The Morgan fingerprint density at radius 1 is 1.24 bits per heavy atom. The number of nitrogens with two attached hydrogens (primary N) is 1. The van der Waals surface area contributed by atoms with Crippen LogP contribution in [0.4, 0.5) is 20.2 Å². The van der Waals surface area contributed by atoms with Crippen LogP contribution in [-0.2, 0) is 16.6 Å². The average Bonchev–Trinajstić information content (AvgIpc) is 2.51. The lowest BCUT2D eigenvalue weighted by Gasteiger charge is -2.10. The van der Waals surface area contributed by atoms with Crippen LogP contribution in [0.5, 0.6) is 5.75 Å². The molecule has 8 nitrogen and oxygen atoms in total. The van der Waals surface area contributed by atoms with Gasteiger partial charge >= 0.3 is 6.61 Å². The van der Waals surface area contributed by atoms with Gasteiger partial charge in [0.05, 0.1) is 9.82 Å². The highest BCUT2D eigenvalue weighted by Gasteiger charge is 2.19. The van der Waals surface area contributed by atoms with Gasteiger partial charge in [0.25, 0.3) is 5.69 Å². The molecule has 2 rings (SSSR count). The number of nitro benzene ring substituents is 1. The normalized spacial score (nSPS) is 11.4. The van der Waals surface area contributed by atoms with Crippen LogP contribution in [0.25, 0.3) is 0 Å². The third-order valence-corrected chi connectivity index (χ3v) is 4.01. The van der Waals surface area contributed by atoms with Crippen LogP contribution in [-0.4, -0.2) is 20.0 Å². The molecule has 0 amide bonds. The summed E-state index contributed by atoms with van der Waals surface area (Å²) in [4.78, 5) is 9.97. The number of anilines is 1. The Hall–Kier alpha value is -2.79. The highest BCUT2D eigenvalue weighted by atomic mass is 32.2. The van der Waals surface area contributed by atoms with Crippen molar-refractivity contribution in [3.8, 4) is 5.75 Å². The van der Waals surface area contributed by atoms with Crippen molar-refractivity contribution in [2.24, 2.45) is 5.14 Å². The maximum atomic E-state index is 12.2. The summed E-state index contributed by atoms with van der Waals surface area (Å²) in [5.41, 5.74) is 0.104. The molecular weight excluding hydrogens is 360 g/mol. The Balaban J connectivity index is 2.22. The molecule has 0 aliphatic heterocycles. The lowest BCUT2D eigenvalue weighted by Crippen LogP contribution is -2.13. The lowest BCUT2D eigenvalue weighted by atomic mass is 10.2. The average molecular weight is 373 g/mol. The van der Waals surface area contributed by atoms with E-state index in [4.69, 9.17) is 5.14 Å². The number of alkyl halides is 2. The molecular formula is C14H13F2N3O5S. The number of benzene rings is 2. The van der Waals surface area contributed by atoms with E-state index >= 15 is 0 Å². The fourth-order valence-electron chi connectivity index (χ4n) is 2.02. The summed E-state index contributed by atoms with van der Waals surface area (Å²) < 4.78 is 51.3. The van der Waals surface area contributed by atoms with Crippen molar-refractivity contribution in [2.45, 2.75) is 18.1 Å². The van der Waals surface area contributed by atoms with Crippen LogP contribution < -0.4 is 15.2 Å². The van der Waals surface area contributed by atoms with Gasteiger partial charge in [0, 0.05) is 12.6 Å². The first-order chi connectivity index (χ1) is 11.7. The minimum atomic E-state index is -4.08. The Morgan fingerprint density at radius 3 is 2.56 bits per heavy atom. The van der Waals surface area contributed by atoms with Crippen molar-refractivity contribution in [3.63, 3.8) is 0 Å². The Morgan fingerprint density at radius 2 is 1.96 bits per heavy atom. The van der Waals surface area contributed by atoms with Crippen molar-refractivity contribution in [1.29, 1.82) is 0 Å². The smallest absolute Gasteiger partial charge is 0.387 e. The van der Waals surface area contributed by atoms with Crippen LogP contribution in [0.3, 0.4) is 0 Å². The Bertz CT molecular complexity index is 890. The zero-order valence-electron chi connectivity index (χ0n) is 12.6. The molecule has 134 valence electrons. The first kappa shape index (κ1) is 18.5. The van der Waals surface area contributed by atoms with Gasteiger partial charge < -0.3 is 10.1 Å². The second-order valence-electron chi connectivity index (χ2n) is 4.86. The zero-order chi connectivity index (χ0) is 18.6. The minimum absolute atomic E-state index is 0.0478. The SMILES string of the molecule is NS(=O)(=O)c1ccc(NCc2cccc(OC(F)F)c2)c([N+](=O)[O-])c1. The predicted octanol–water partition coefficient (Wildman–Crippen LogP) is 2.46. The number of halogens is 2. The topological polar surface area (TPSA) is 125 Å². The van der Waals surface area contributed by atoms with Crippen molar-refractivity contribution >= 4 is 21.4 Å². The number of hydrogen-bond acceptors (Lipinski definition) is 6. The molecule has 2 aromatic carbocycles. The number of ether oxygens (including phenoxy) is 1. The number of primary sulfonamides is 1. The Kier molecular flexibility index (Phi) is 5.49. The van der Waals surface area contributed by atoms with Gasteiger partial charge in [0.2, 0.25) is 10.0 Å². The maximum Gasteiger partial charge on any atom is 0.387 e. The number of rotatable bonds is 7. The number of nitrogens with zero attached hydrogens (tertiary/aromatic N) is 1. The summed E-state index contributed by atoms with van der Waals surface area (Å²) in [5.74, 6) is -0.0478. The second-order valence-corrected chi connectivity index (χ2v) is 6.42. The van der Waals surface area contributed by atoms with E-state index in [1.54, 1.807) is 6.07 Å². The fourth-order valence-corrected chi connectivity index (χ4v) is 2.55. The van der Waals surface area contributed by atoms with E-state index in [1.807, 2.05) is 0 Å². The third kappa shape index (κ3) is 5.09. The van der Waals surface area contributed by atoms with Crippen LogP contribution in [0, 0.1) is 10.1 Å². The molecule has 0 spiro atoms. The van der Waals surface area contributed by atoms with E-state index in [1.165, 1.54) is 24.3 Å². The molecule has 3 N–H and O–H groups in total. The van der Waals surface area contributed by atoms with Gasteiger partial charge in [-0.3, -0.25) is 10.1 Å². The number of hydrogen-bond donors (Lipinski definition) is 2. The van der Waals surface area contributed by atoms with Gasteiger partial charge in [0.1, 0.15) is 11.4 Å². The summed E-state index contributed by atoms with van der Waals surface area (Å²) in [6.07, 6.45) is 0. The van der Waals surface area contributed by atoms with Crippen LogP contribution in [0.2, 0.25) is 0 Å². The molecule has 0 aromatic heterocycles. The van der Waals surface area contributed by atoms with E-state index in [0.717, 1.165) is 12.1 Å². The minimum Gasteiger partial charge on any atom is -0.435 e. The standard InChI is InChI=1S/C14H13F2N3O5S/c15-14(16)24-10-3-1-2-9(6-10)8-18-12-5-4-11(25(17,22)23)7-13(12)19(20)21/h1-7,14,18H,8H2,(H2,17,22,23). The molecule has 2 aromatic rings. The van der Waals surface area contributed by atoms with E-state index in [9.17, 15) is 27.3 Å². The molecule has 11 heteroatoms. The van der Waals surface area contributed by atoms with Crippen LogP contribution >= 0.6 is 0 Å². The van der Waals surface area contributed by atoms with Gasteiger partial charge in [-0.1, -0.05) is 12.1 Å². The molecule has 0 aliphatic rings. The van der Waals surface area contributed by atoms with Gasteiger partial charge in [-0.2, -0.15) is 8.78 Å². The van der Waals surface area contributed by atoms with E-state index in [2.05, 4.69) is 10.1 Å². The first-order valence-corrected chi connectivity index (χ1v) is 8.30. The molecule has 0 heterocycles. The highest BCUT2D eigenvalue weighted by Crippen LogP contribution is 2.28. The monoisotopic (exact) mass is 373 g/mol. The van der Waals surface area contributed by atoms with Gasteiger partial charge in [-0.15, -0.1) is 0 Å². The zero-order valence-corrected chi connectivity index (χ0v) is 13.4. The van der Waals surface area contributed by atoms with Gasteiger partial charge in [0.15, 0.2) is 0 Å². The van der Waals surface area contributed by atoms with E-state index in [-0.39, 0.29) is 18.0 Å². The Labute approximate surface area is 141 Å². The van der Waals surface area contributed by atoms with Crippen LogP contribution in [0.15, 0.2) is 47.4 Å². The predicted molar refractivity (Wildman–Crippen MR) is 84.9 cm³/mol. The van der Waals surface area contributed by atoms with E-state index < -0.39 is 32.1 Å². The number of nitrogens with one attached hydrogen (secondary N) is 1. The maximum absolute atomic E-state index is 12.2. The van der Waals surface area contributed by atoms with Crippen molar-refractivity contribution in [3.05, 3.63) is 58.1 Å². The molecule has 0 aliphatic carbocycles. The fraction of sp³-hybridized carbons (Fsp3) is 0.143. The molecule has 25 heavy (non-hydrogen) atoms. The highest BCUT2D eigenvalue weighted by molar-refractivity contribution is 7.89. The number of sulfonamides is 1. The summed E-state index contributed by atoms with van der Waals surface area (Å²) in [7, 11) is -4.08. The molecule has 0 atom stereocenters. The largest absolute Gasteiger partial charge is 0.435 e. The van der Waals surface area contributed by atoms with Crippen molar-refractivity contribution in [2.75, 3.05) is 5.32 Å². The quantitative estimate of drug-likeness (QED) is 0.567. The summed E-state index contributed by atoms with van der Waals surface area (Å²) >= 11 is 0. The lowest BCUT2D eigenvalue weighted by molar-refractivity contribution is -0.384. The third-order valence-electron chi connectivity index (χ3n) is 3.10. The summed E-state index contributed by atoms with van der Waals surface area (Å²) in [5, 5.41) is 18.8. The second kappa shape index (κ2) is 7.40. The van der Waals surface area contributed by atoms with Crippen molar-refractivity contribution < 1.29 is 26.9 Å². The van der Waals surface area contributed by atoms with Crippen LogP contribution in [0.1, 0.15) is 5.56 Å². The molecule has 0 bridgehead atoms. The van der Waals surface area contributed by atoms with E-state index in [0.29, 0.717) is 5.56 Å². The summed E-state index contributed by atoms with van der Waals surface area (Å²) in [6.45, 7) is -2.90. The number of nitro groups is 1. The molecule has 0 saturated carbocycles. The molecule has 0 unspecified atom stereocenters. The molecule has 0 saturated heterocycles. The van der Waals surface area contributed by atoms with Gasteiger partial charge in [-0.25, -0.2) is 13.6 Å².